The lowest BCUT2D eigenvalue weighted by Crippen LogP contribution is -2.36. The number of aromatic nitrogens is 2. The summed E-state index contributed by atoms with van der Waals surface area (Å²) in [6.45, 7) is 0. The van der Waals surface area contributed by atoms with Gasteiger partial charge in [0.1, 0.15) is 11.6 Å². The monoisotopic (exact) mass is 466 g/mol. The third-order valence-corrected chi connectivity index (χ3v) is 7.13. The molecule has 3 aromatic rings. The summed E-state index contributed by atoms with van der Waals surface area (Å²) in [5.41, 5.74) is 2.62. The zero-order chi connectivity index (χ0) is 22.7. The number of carbonyl (C=O) groups excluding carboxylic acids is 1. The highest BCUT2D eigenvalue weighted by molar-refractivity contribution is 7.91. The van der Waals surface area contributed by atoms with E-state index in [2.05, 4.69) is 10.4 Å². The molecule has 7 nitrogen and oxygen atoms in total. The summed E-state index contributed by atoms with van der Waals surface area (Å²) >= 11 is 6.01. The number of carbonyl (C=O) groups is 1. The van der Waals surface area contributed by atoms with Gasteiger partial charge < -0.3 is 5.32 Å². The first kappa shape index (κ1) is 21.8. The van der Waals surface area contributed by atoms with Crippen molar-refractivity contribution in [2.24, 2.45) is 0 Å². The second-order valence-corrected chi connectivity index (χ2v) is 10.1. The van der Waals surface area contributed by atoms with Crippen molar-refractivity contribution in [1.29, 1.82) is 5.26 Å². The number of hydrogen-bond acceptors (Lipinski definition) is 5. The van der Waals surface area contributed by atoms with Crippen molar-refractivity contribution in [2.75, 3.05) is 11.5 Å². The Morgan fingerprint density at radius 3 is 2.53 bits per heavy atom. The first-order chi connectivity index (χ1) is 15.3. The fourth-order valence-corrected chi connectivity index (χ4v) is 5.31. The van der Waals surface area contributed by atoms with E-state index in [1.165, 1.54) is 6.08 Å². The maximum atomic E-state index is 12.7. The van der Waals surface area contributed by atoms with Crippen LogP contribution in [0.1, 0.15) is 12.0 Å². The highest BCUT2D eigenvalue weighted by atomic mass is 35.5. The van der Waals surface area contributed by atoms with E-state index in [-0.39, 0.29) is 17.1 Å². The van der Waals surface area contributed by atoms with E-state index in [1.54, 1.807) is 23.0 Å². The number of amides is 1. The van der Waals surface area contributed by atoms with Crippen LogP contribution in [0.5, 0.6) is 0 Å². The minimum atomic E-state index is -3.15. The summed E-state index contributed by atoms with van der Waals surface area (Å²) in [6, 6.07) is 18.0. The number of halogens is 1. The standard InChI is InChI=1S/C23H19ClN4O3S/c24-19-8-6-16(7-9-19)22-18(14-28(27-22)21-4-2-1-3-5-21)12-17(13-25)23(29)26-20-10-11-32(30,31)15-20/h1-9,12,14,20H,10-11,15H2,(H,26,29). The van der Waals surface area contributed by atoms with E-state index < -0.39 is 21.8 Å². The Balaban J connectivity index is 1.71. The lowest BCUT2D eigenvalue weighted by atomic mass is 10.1. The van der Waals surface area contributed by atoms with Crippen LogP contribution in [0.15, 0.2) is 66.4 Å². The van der Waals surface area contributed by atoms with Gasteiger partial charge >= 0.3 is 0 Å². The van der Waals surface area contributed by atoms with E-state index in [0.29, 0.717) is 22.7 Å². The molecule has 0 spiro atoms. The Kier molecular flexibility index (Phi) is 6.12. The largest absolute Gasteiger partial charge is 0.348 e. The molecule has 1 aromatic heterocycles. The maximum absolute atomic E-state index is 12.7. The Morgan fingerprint density at radius 1 is 1.19 bits per heavy atom. The van der Waals surface area contributed by atoms with Gasteiger partial charge in [-0.05, 0) is 36.8 Å². The minimum Gasteiger partial charge on any atom is -0.348 e. The number of para-hydroxylation sites is 1. The molecule has 2 aromatic carbocycles. The van der Waals surface area contributed by atoms with Crippen LogP contribution in [0.4, 0.5) is 0 Å². The highest BCUT2D eigenvalue weighted by Crippen LogP contribution is 2.27. The Hall–Kier alpha value is -3.41. The number of nitriles is 1. The molecule has 2 heterocycles. The van der Waals surface area contributed by atoms with Gasteiger partial charge in [0.05, 0.1) is 22.9 Å². The molecule has 0 radical (unpaired) electrons. The van der Waals surface area contributed by atoms with Gasteiger partial charge in [0.25, 0.3) is 5.91 Å². The van der Waals surface area contributed by atoms with Crippen LogP contribution < -0.4 is 5.32 Å². The molecular weight excluding hydrogens is 448 g/mol. The van der Waals surface area contributed by atoms with Crippen LogP contribution in [0.25, 0.3) is 23.0 Å². The quantitative estimate of drug-likeness (QED) is 0.458. The van der Waals surface area contributed by atoms with Gasteiger partial charge in [0.2, 0.25) is 0 Å². The zero-order valence-electron chi connectivity index (χ0n) is 16.9. The lowest BCUT2D eigenvalue weighted by molar-refractivity contribution is -0.117. The van der Waals surface area contributed by atoms with Crippen molar-refractivity contribution < 1.29 is 13.2 Å². The molecule has 1 aliphatic rings. The Labute approximate surface area is 190 Å². The molecule has 1 fully saturated rings. The van der Waals surface area contributed by atoms with Gasteiger partial charge in [0.15, 0.2) is 9.84 Å². The van der Waals surface area contributed by atoms with Crippen molar-refractivity contribution in [1.82, 2.24) is 15.1 Å². The molecule has 32 heavy (non-hydrogen) atoms. The van der Waals surface area contributed by atoms with Gasteiger partial charge in [-0.1, -0.05) is 41.9 Å². The fraction of sp³-hybridized carbons (Fsp3) is 0.174. The van der Waals surface area contributed by atoms with E-state index in [1.807, 2.05) is 48.5 Å². The molecule has 0 aliphatic carbocycles. The second kappa shape index (κ2) is 8.99. The smallest absolute Gasteiger partial charge is 0.262 e. The molecule has 1 atom stereocenters. The van der Waals surface area contributed by atoms with Crippen LogP contribution in [0, 0.1) is 11.3 Å². The summed E-state index contributed by atoms with van der Waals surface area (Å²) in [7, 11) is -3.15. The van der Waals surface area contributed by atoms with E-state index >= 15 is 0 Å². The fourth-order valence-electron chi connectivity index (χ4n) is 3.51. The van der Waals surface area contributed by atoms with E-state index in [9.17, 15) is 18.5 Å². The average molecular weight is 467 g/mol. The van der Waals surface area contributed by atoms with Crippen LogP contribution in [0.3, 0.4) is 0 Å². The summed E-state index contributed by atoms with van der Waals surface area (Å²) < 4.78 is 25.0. The predicted octanol–water partition coefficient (Wildman–Crippen LogP) is 3.40. The molecule has 9 heteroatoms. The number of nitrogens with zero attached hydrogens (tertiary/aromatic N) is 3. The van der Waals surface area contributed by atoms with Crippen molar-refractivity contribution in [3.8, 4) is 23.0 Å². The molecule has 1 amide bonds. The molecular formula is C23H19ClN4O3S. The summed E-state index contributed by atoms with van der Waals surface area (Å²) in [5, 5.41) is 17.5. The number of hydrogen-bond donors (Lipinski definition) is 1. The first-order valence-electron chi connectivity index (χ1n) is 9.89. The summed E-state index contributed by atoms with van der Waals surface area (Å²) in [6.07, 6.45) is 3.55. The number of benzene rings is 2. The molecule has 0 bridgehead atoms. The first-order valence-corrected chi connectivity index (χ1v) is 12.1. The molecule has 1 N–H and O–H groups in total. The lowest BCUT2D eigenvalue weighted by Gasteiger charge is -2.09. The third kappa shape index (κ3) is 4.90. The second-order valence-electron chi connectivity index (χ2n) is 7.46. The van der Waals surface area contributed by atoms with Gasteiger partial charge in [-0.15, -0.1) is 0 Å². The number of sulfone groups is 1. The molecule has 1 aliphatic heterocycles. The van der Waals surface area contributed by atoms with Crippen molar-refractivity contribution >= 4 is 33.4 Å². The van der Waals surface area contributed by atoms with Crippen molar-refractivity contribution in [3.63, 3.8) is 0 Å². The highest BCUT2D eigenvalue weighted by Gasteiger charge is 2.29. The van der Waals surface area contributed by atoms with Crippen LogP contribution >= 0.6 is 11.6 Å². The van der Waals surface area contributed by atoms with Gasteiger partial charge in [-0.25, -0.2) is 13.1 Å². The third-order valence-electron chi connectivity index (χ3n) is 5.11. The van der Waals surface area contributed by atoms with Gasteiger partial charge in [0, 0.05) is 28.4 Å². The molecule has 1 unspecified atom stereocenters. The maximum Gasteiger partial charge on any atom is 0.262 e. The minimum absolute atomic E-state index is 0.0358. The van der Waals surface area contributed by atoms with E-state index in [4.69, 9.17) is 11.6 Å². The van der Waals surface area contributed by atoms with E-state index in [0.717, 1.165) is 11.3 Å². The molecule has 4 rings (SSSR count). The predicted molar refractivity (Wildman–Crippen MR) is 123 cm³/mol. The van der Waals surface area contributed by atoms with Gasteiger partial charge in [-0.3, -0.25) is 4.79 Å². The molecule has 1 saturated heterocycles. The normalized spacial score (nSPS) is 17.6. The van der Waals surface area contributed by atoms with Crippen LogP contribution in [-0.4, -0.2) is 41.7 Å². The average Bonchev–Trinajstić information content (AvgIpc) is 3.35. The Morgan fingerprint density at radius 2 is 1.91 bits per heavy atom. The molecule has 0 saturated carbocycles. The summed E-state index contributed by atoms with van der Waals surface area (Å²) in [5.74, 6) is -0.683. The summed E-state index contributed by atoms with van der Waals surface area (Å²) in [4.78, 5) is 12.7. The SMILES string of the molecule is N#CC(=Cc1cn(-c2ccccc2)nc1-c1ccc(Cl)cc1)C(=O)NC1CCS(=O)(=O)C1. The van der Waals surface area contributed by atoms with Crippen LogP contribution in [-0.2, 0) is 14.6 Å². The van der Waals surface area contributed by atoms with Gasteiger partial charge in [-0.2, -0.15) is 10.4 Å². The zero-order valence-corrected chi connectivity index (χ0v) is 18.5. The number of rotatable bonds is 5. The topological polar surface area (TPSA) is 105 Å². The van der Waals surface area contributed by atoms with Crippen LogP contribution in [0.2, 0.25) is 5.02 Å². The molecule has 162 valence electrons. The van der Waals surface area contributed by atoms with Crippen molar-refractivity contribution in [2.45, 2.75) is 12.5 Å². The number of nitrogens with one attached hydrogen (secondary N) is 1. The van der Waals surface area contributed by atoms with Crippen molar-refractivity contribution in [3.05, 3.63) is 77.0 Å². The Bertz CT molecular complexity index is 1320.